The number of benzene rings is 1. The van der Waals surface area contributed by atoms with E-state index in [0.717, 1.165) is 24.2 Å². The van der Waals surface area contributed by atoms with Gasteiger partial charge >= 0.3 is 0 Å². The lowest BCUT2D eigenvalue weighted by Gasteiger charge is -2.14. The number of nitriles is 1. The van der Waals surface area contributed by atoms with Gasteiger partial charge in [0.2, 0.25) is 0 Å². The van der Waals surface area contributed by atoms with Crippen LogP contribution in [0.3, 0.4) is 0 Å². The lowest BCUT2D eigenvalue weighted by molar-refractivity contribution is 0.235. The van der Waals surface area contributed by atoms with Gasteiger partial charge in [-0.25, -0.2) is 0 Å². The standard InChI is InChI=1S/C13H14ClNO/c1-10-2-3-11(14)8-12(10)16-9-13(4-5-13)6-7-15/h2-3,8H,4-6,9H2,1H3. The fourth-order valence-corrected chi connectivity index (χ4v) is 1.84. The van der Waals surface area contributed by atoms with Crippen LogP contribution in [0.1, 0.15) is 24.8 Å². The molecule has 1 fully saturated rings. The largest absolute Gasteiger partial charge is 0.493 e. The second-order valence-corrected chi connectivity index (χ2v) is 4.97. The summed E-state index contributed by atoms with van der Waals surface area (Å²) in [6, 6.07) is 7.86. The van der Waals surface area contributed by atoms with Crippen LogP contribution in [0.5, 0.6) is 5.75 Å². The molecule has 2 rings (SSSR count). The van der Waals surface area contributed by atoms with Crippen molar-refractivity contribution >= 4 is 11.6 Å². The molecule has 1 aromatic rings. The van der Waals surface area contributed by atoms with E-state index in [0.29, 0.717) is 18.1 Å². The van der Waals surface area contributed by atoms with E-state index < -0.39 is 0 Å². The second kappa shape index (κ2) is 4.35. The summed E-state index contributed by atoms with van der Waals surface area (Å²) in [5.74, 6) is 0.830. The Bertz CT molecular complexity index is 432. The van der Waals surface area contributed by atoms with Gasteiger partial charge in [-0.1, -0.05) is 17.7 Å². The summed E-state index contributed by atoms with van der Waals surface area (Å²) < 4.78 is 5.76. The first kappa shape index (κ1) is 11.3. The molecule has 0 amide bonds. The van der Waals surface area contributed by atoms with E-state index in [2.05, 4.69) is 6.07 Å². The second-order valence-electron chi connectivity index (χ2n) is 4.53. The predicted octanol–water partition coefficient (Wildman–Crippen LogP) is 3.72. The van der Waals surface area contributed by atoms with Crippen LogP contribution < -0.4 is 4.74 Å². The van der Waals surface area contributed by atoms with Gasteiger partial charge in [-0.2, -0.15) is 5.26 Å². The third-order valence-electron chi connectivity index (χ3n) is 3.10. The third-order valence-corrected chi connectivity index (χ3v) is 3.33. The van der Waals surface area contributed by atoms with Gasteiger partial charge in [0.1, 0.15) is 5.75 Å². The summed E-state index contributed by atoms with van der Waals surface area (Å²) in [5.41, 5.74) is 1.20. The first-order valence-electron chi connectivity index (χ1n) is 5.41. The molecule has 0 bridgehead atoms. The summed E-state index contributed by atoms with van der Waals surface area (Å²) in [6.07, 6.45) is 2.78. The SMILES string of the molecule is Cc1ccc(Cl)cc1OCC1(CC#N)CC1. The van der Waals surface area contributed by atoms with E-state index in [4.69, 9.17) is 21.6 Å². The zero-order valence-electron chi connectivity index (χ0n) is 9.29. The molecule has 0 saturated heterocycles. The maximum Gasteiger partial charge on any atom is 0.123 e. The lowest BCUT2D eigenvalue weighted by atomic mass is 10.1. The van der Waals surface area contributed by atoms with Crippen molar-refractivity contribution in [2.45, 2.75) is 26.2 Å². The quantitative estimate of drug-likeness (QED) is 0.797. The molecule has 0 aromatic heterocycles. The Morgan fingerprint density at radius 1 is 1.50 bits per heavy atom. The molecule has 0 atom stereocenters. The first-order valence-corrected chi connectivity index (χ1v) is 5.79. The monoisotopic (exact) mass is 235 g/mol. The molecule has 1 aromatic carbocycles. The highest BCUT2D eigenvalue weighted by atomic mass is 35.5. The Kier molecular flexibility index (Phi) is 3.07. The summed E-state index contributed by atoms with van der Waals surface area (Å²) in [6.45, 7) is 2.62. The van der Waals surface area contributed by atoms with E-state index in [-0.39, 0.29) is 5.41 Å². The molecule has 1 aliphatic carbocycles. The Morgan fingerprint density at radius 3 is 2.88 bits per heavy atom. The third kappa shape index (κ3) is 2.48. The molecule has 0 aliphatic heterocycles. The Morgan fingerprint density at radius 2 is 2.25 bits per heavy atom. The van der Waals surface area contributed by atoms with Crippen LogP contribution in [0.15, 0.2) is 18.2 Å². The summed E-state index contributed by atoms with van der Waals surface area (Å²) >= 11 is 5.91. The van der Waals surface area contributed by atoms with Crippen molar-refractivity contribution in [2.24, 2.45) is 5.41 Å². The molecule has 0 unspecified atom stereocenters. The molecule has 0 N–H and O–H groups in total. The zero-order chi connectivity index (χ0) is 11.6. The van der Waals surface area contributed by atoms with Gasteiger partial charge in [0, 0.05) is 16.9 Å². The van der Waals surface area contributed by atoms with Crippen molar-refractivity contribution in [3.05, 3.63) is 28.8 Å². The van der Waals surface area contributed by atoms with Gasteiger partial charge in [-0.3, -0.25) is 0 Å². The van der Waals surface area contributed by atoms with Gasteiger partial charge in [0.25, 0.3) is 0 Å². The molecule has 2 nitrogen and oxygen atoms in total. The number of nitrogens with zero attached hydrogens (tertiary/aromatic N) is 1. The van der Waals surface area contributed by atoms with Crippen LogP contribution in [0.4, 0.5) is 0 Å². The fourth-order valence-electron chi connectivity index (χ4n) is 1.68. The van der Waals surface area contributed by atoms with Gasteiger partial charge in [-0.15, -0.1) is 0 Å². The number of ether oxygens (including phenoxy) is 1. The van der Waals surface area contributed by atoms with Crippen molar-refractivity contribution in [3.8, 4) is 11.8 Å². The van der Waals surface area contributed by atoms with E-state index in [1.807, 2.05) is 25.1 Å². The highest BCUT2D eigenvalue weighted by molar-refractivity contribution is 6.30. The number of halogens is 1. The molecular formula is C13H14ClNO. The molecule has 16 heavy (non-hydrogen) atoms. The highest BCUT2D eigenvalue weighted by Gasteiger charge is 2.43. The van der Waals surface area contributed by atoms with Crippen LogP contribution in [0.2, 0.25) is 5.02 Å². The minimum absolute atomic E-state index is 0.115. The summed E-state index contributed by atoms with van der Waals surface area (Å²) in [4.78, 5) is 0. The van der Waals surface area contributed by atoms with Gasteiger partial charge in [0.05, 0.1) is 12.7 Å². The van der Waals surface area contributed by atoms with Crippen molar-refractivity contribution in [3.63, 3.8) is 0 Å². The van der Waals surface area contributed by atoms with Crippen molar-refractivity contribution in [2.75, 3.05) is 6.61 Å². The van der Waals surface area contributed by atoms with E-state index in [1.165, 1.54) is 0 Å². The number of hydrogen-bond acceptors (Lipinski definition) is 2. The van der Waals surface area contributed by atoms with Gasteiger partial charge in [-0.05, 0) is 37.5 Å². The summed E-state index contributed by atoms with van der Waals surface area (Å²) in [7, 11) is 0. The molecule has 1 aliphatic rings. The van der Waals surface area contributed by atoms with Crippen molar-refractivity contribution in [1.82, 2.24) is 0 Å². The van der Waals surface area contributed by atoms with Gasteiger partial charge < -0.3 is 4.74 Å². The van der Waals surface area contributed by atoms with Crippen LogP contribution in [0, 0.1) is 23.7 Å². The van der Waals surface area contributed by atoms with E-state index in [9.17, 15) is 0 Å². The van der Waals surface area contributed by atoms with Crippen LogP contribution in [-0.4, -0.2) is 6.61 Å². The predicted molar refractivity (Wildman–Crippen MR) is 63.6 cm³/mol. The molecular weight excluding hydrogens is 222 g/mol. The molecule has 3 heteroatoms. The number of aryl methyl sites for hydroxylation is 1. The average molecular weight is 236 g/mol. The molecule has 0 heterocycles. The van der Waals surface area contributed by atoms with E-state index >= 15 is 0 Å². The highest BCUT2D eigenvalue weighted by Crippen LogP contribution is 2.48. The smallest absolute Gasteiger partial charge is 0.123 e. The number of rotatable bonds is 4. The number of hydrogen-bond donors (Lipinski definition) is 0. The topological polar surface area (TPSA) is 33.0 Å². The Labute approximate surface area is 101 Å². The Balaban J connectivity index is 2.00. The lowest BCUT2D eigenvalue weighted by Crippen LogP contribution is -2.12. The average Bonchev–Trinajstić information content (AvgIpc) is 3.01. The maximum atomic E-state index is 8.71. The first-order chi connectivity index (χ1) is 7.65. The van der Waals surface area contributed by atoms with Gasteiger partial charge in [0.15, 0.2) is 0 Å². The molecule has 84 valence electrons. The molecule has 0 radical (unpaired) electrons. The summed E-state index contributed by atoms with van der Waals surface area (Å²) in [5, 5.41) is 9.40. The normalized spacial score (nSPS) is 16.6. The minimum Gasteiger partial charge on any atom is -0.493 e. The fraction of sp³-hybridized carbons (Fsp3) is 0.462. The Hall–Kier alpha value is -1.20. The molecule has 1 saturated carbocycles. The molecule has 0 spiro atoms. The maximum absolute atomic E-state index is 8.71. The van der Waals surface area contributed by atoms with Crippen molar-refractivity contribution in [1.29, 1.82) is 5.26 Å². The minimum atomic E-state index is 0.115. The van der Waals surface area contributed by atoms with E-state index in [1.54, 1.807) is 0 Å². The van der Waals surface area contributed by atoms with Crippen LogP contribution in [-0.2, 0) is 0 Å². The van der Waals surface area contributed by atoms with Crippen molar-refractivity contribution < 1.29 is 4.74 Å². The zero-order valence-corrected chi connectivity index (χ0v) is 10.0. The van der Waals surface area contributed by atoms with Crippen LogP contribution >= 0.6 is 11.6 Å². The van der Waals surface area contributed by atoms with Crippen LogP contribution in [0.25, 0.3) is 0 Å².